The first-order valence-electron chi connectivity index (χ1n) is 6.36. The van der Waals surface area contributed by atoms with Gasteiger partial charge in [-0.05, 0) is 44.2 Å². The topological polar surface area (TPSA) is 52.0 Å². The molecule has 0 aliphatic carbocycles. The maximum Gasteiger partial charge on any atom is 0.269 e. The molecule has 0 atom stereocenters. The van der Waals surface area contributed by atoms with Gasteiger partial charge in [0.2, 0.25) is 0 Å². The average Bonchev–Trinajstić information content (AvgIpc) is 2.74. The summed E-state index contributed by atoms with van der Waals surface area (Å²) in [4.78, 5) is 4.60. The van der Waals surface area contributed by atoms with Crippen LogP contribution in [0.2, 0.25) is 0 Å². The Balaban J connectivity index is 2.28. The molecule has 0 fully saturated rings. The van der Waals surface area contributed by atoms with Crippen molar-refractivity contribution < 1.29 is 8.42 Å². The van der Waals surface area contributed by atoms with Crippen LogP contribution < -0.4 is 0 Å². The Labute approximate surface area is 131 Å². The van der Waals surface area contributed by atoms with E-state index in [0.717, 1.165) is 10.0 Å². The molecule has 0 saturated carbocycles. The van der Waals surface area contributed by atoms with Crippen molar-refractivity contribution in [3.63, 3.8) is 0 Å². The van der Waals surface area contributed by atoms with Gasteiger partial charge in [-0.3, -0.25) is 0 Å². The van der Waals surface area contributed by atoms with Crippen LogP contribution in [0.5, 0.6) is 0 Å². The number of aryl methyl sites for hydroxylation is 2. The zero-order valence-corrected chi connectivity index (χ0v) is 13.9. The molecular weight excluding hydrogens is 352 g/mol. The van der Waals surface area contributed by atoms with E-state index in [4.69, 9.17) is 0 Å². The second kappa shape index (κ2) is 4.96. The Morgan fingerprint density at radius 1 is 1.05 bits per heavy atom. The highest BCUT2D eigenvalue weighted by Crippen LogP contribution is 2.25. The summed E-state index contributed by atoms with van der Waals surface area (Å²) in [5.41, 5.74) is 2.25. The van der Waals surface area contributed by atoms with E-state index in [2.05, 4.69) is 20.9 Å². The highest BCUT2D eigenvalue weighted by Gasteiger charge is 2.22. The average molecular weight is 365 g/mol. The predicted octanol–water partition coefficient (Wildman–Crippen LogP) is 3.65. The van der Waals surface area contributed by atoms with Crippen LogP contribution in [0.25, 0.3) is 11.0 Å². The van der Waals surface area contributed by atoms with Crippen molar-refractivity contribution in [1.82, 2.24) is 8.96 Å². The molecule has 108 valence electrons. The number of fused-ring (bicyclic) bond motifs is 1. The monoisotopic (exact) mass is 364 g/mol. The molecule has 0 spiro atoms. The number of hydrogen-bond acceptors (Lipinski definition) is 3. The minimum atomic E-state index is -3.64. The summed E-state index contributed by atoms with van der Waals surface area (Å²) in [5.74, 6) is 0.448. The van der Waals surface area contributed by atoms with E-state index < -0.39 is 10.0 Å². The summed E-state index contributed by atoms with van der Waals surface area (Å²) in [6.07, 6.45) is 0. The van der Waals surface area contributed by atoms with E-state index >= 15 is 0 Å². The van der Waals surface area contributed by atoms with Gasteiger partial charge in [0.15, 0.2) is 0 Å². The summed E-state index contributed by atoms with van der Waals surface area (Å²) >= 11 is 3.37. The van der Waals surface area contributed by atoms with Gasteiger partial charge in [0.25, 0.3) is 10.0 Å². The molecule has 1 heterocycles. The van der Waals surface area contributed by atoms with Crippen LogP contribution in [-0.4, -0.2) is 17.4 Å². The smallest absolute Gasteiger partial charge is 0.232 e. The number of imidazole rings is 1. The summed E-state index contributed by atoms with van der Waals surface area (Å²) < 4.78 is 27.8. The van der Waals surface area contributed by atoms with E-state index in [1.165, 1.54) is 3.97 Å². The molecule has 21 heavy (non-hydrogen) atoms. The molecule has 0 bridgehead atoms. The molecule has 0 N–H and O–H groups in total. The van der Waals surface area contributed by atoms with Crippen molar-refractivity contribution in [3.8, 4) is 0 Å². The van der Waals surface area contributed by atoms with Crippen molar-refractivity contribution in [1.29, 1.82) is 0 Å². The first kappa shape index (κ1) is 14.3. The fraction of sp³-hybridized carbons (Fsp3) is 0.133. The number of nitrogens with zero attached hydrogens (tertiary/aromatic N) is 2. The molecule has 0 aliphatic heterocycles. The van der Waals surface area contributed by atoms with Gasteiger partial charge in [0.05, 0.1) is 15.9 Å². The quantitative estimate of drug-likeness (QED) is 0.697. The SMILES string of the molecule is Cc1ccc(S(=O)(=O)n2c(C)nc3cc(Br)ccc32)cc1. The van der Waals surface area contributed by atoms with Crippen LogP contribution in [-0.2, 0) is 10.0 Å². The molecule has 0 saturated heterocycles. The van der Waals surface area contributed by atoms with E-state index in [-0.39, 0.29) is 4.90 Å². The maximum absolute atomic E-state index is 12.8. The number of halogens is 1. The third-order valence-electron chi connectivity index (χ3n) is 3.29. The van der Waals surface area contributed by atoms with Gasteiger partial charge in [-0.15, -0.1) is 0 Å². The summed E-state index contributed by atoms with van der Waals surface area (Å²) in [6.45, 7) is 3.62. The fourth-order valence-corrected chi connectivity index (χ4v) is 4.11. The Morgan fingerprint density at radius 2 is 1.71 bits per heavy atom. The molecule has 0 unspecified atom stereocenters. The number of hydrogen-bond donors (Lipinski definition) is 0. The molecule has 3 aromatic rings. The Hall–Kier alpha value is -1.66. The molecule has 0 aliphatic rings. The highest BCUT2D eigenvalue weighted by molar-refractivity contribution is 9.10. The molecule has 0 amide bonds. The summed E-state index contributed by atoms with van der Waals surface area (Å²) in [6, 6.07) is 12.2. The zero-order valence-electron chi connectivity index (χ0n) is 11.5. The third-order valence-corrected chi connectivity index (χ3v) is 5.59. The maximum atomic E-state index is 12.8. The third kappa shape index (κ3) is 2.38. The molecule has 2 aromatic carbocycles. The van der Waals surface area contributed by atoms with E-state index in [1.54, 1.807) is 37.3 Å². The van der Waals surface area contributed by atoms with Crippen LogP contribution in [0.4, 0.5) is 0 Å². The van der Waals surface area contributed by atoms with Crippen molar-refractivity contribution >= 4 is 37.0 Å². The van der Waals surface area contributed by atoms with E-state index in [1.807, 2.05) is 19.1 Å². The van der Waals surface area contributed by atoms with Crippen LogP contribution >= 0.6 is 15.9 Å². The van der Waals surface area contributed by atoms with Gasteiger partial charge < -0.3 is 0 Å². The van der Waals surface area contributed by atoms with Crippen LogP contribution in [0.3, 0.4) is 0 Å². The van der Waals surface area contributed by atoms with Crippen molar-refractivity contribution in [2.75, 3.05) is 0 Å². The fourth-order valence-electron chi connectivity index (χ4n) is 2.27. The summed E-state index contributed by atoms with van der Waals surface area (Å²) in [7, 11) is -3.64. The summed E-state index contributed by atoms with van der Waals surface area (Å²) in [5, 5.41) is 0. The van der Waals surface area contributed by atoms with Crippen LogP contribution in [0, 0.1) is 13.8 Å². The molecule has 1 aromatic heterocycles. The molecule has 6 heteroatoms. The second-order valence-corrected chi connectivity index (χ2v) is 7.58. The lowest BCUT2D eigenvalue weighted by Crippen LogP contribution is -2.14. The number of aromatic nitrogens is 2. The minimum Gasteiger partial charge on any atom is -0.232 e. The van der Waals surface area contributed by atoms with Crippen LogP contribution in [0.1, 0.15) is 11.4 Å². The van der Waals surface area contributed by atoms with Crippen molar-refractivity contribution in [2.24, 2.45) is 0 Å². The Bertz CT molecular complexity index is 928. The van der Waals surface area contributed by atoms with Gasteiger partial charge in [-0.25, -0.2) is 17.4 Å². The minimum absolute atomic E-state index is 0.262. The second-order valence-electron chi connectivity index (χ2n) is 4.87. The van der Waals surface area contributed by atoms with Gasteiger partial charge in [-0.1, -0.05) is 33.6 Å². The number of benzene rings is 2. The van der Waals surface area contributed by atoms with E-state index in [9.17, 15) is 8.42 Å². The first-order valence-corrected chi connectivity index (χ1v) is 8.60. The van der Waals surface area contributed by atoms with E-state index in [0.29, 0.717) is 16.9 Å². The van der Waals surface area contributed by atoms with Gasteiger partial charge in [0.1, 0.15) is 5.82 Å². The Kier molecular flexibility index (Phi) is 3.37. The predicted molar refractivity (Wildman–Crippen MR) is 85.9 cm³/mol. The van der Waals surface area contributed by atoms with Crippen molar-refractivity contribution in [3.05, 3.63) is 58.3 Å². The highest BCUT2D eigenvalue weighted by atomic mass is 79.9. The van der Waals surface area contributed by atoms with Gasteiger partial charge >= 0.3 is 0 Å². The number of rotatable bonds is 2. The zero-order chi connectivity index (χ0) is 15.2. The lowest BCUT2D eigenvalue weighted by Gasteiger charge is -2.09. The lowest BCUT2D eigenvalue weighted by molar-refractivity contribution is 0.587. The standard InChI is InChI=1S/C15H13BrN2O2S/c1-10-3-6-13(7-4-10)21(19,20)18-11(2)17-14-9-12(16)5-8-15(14)18/h3-9H,1-2H3. The first-order chi connectivity index (χ1) is 9.89. The Morgan fingerprint density at radius 3 is 2.38 bits per heavy atom. The lowest BCUT2D eigenvalue weighted by atomic mass is 10.2. The van der Waals surface area contributed by atoms with Crippen molar-refractivity contribution in [2.45, 2.75) is 18.7 Å². The molecule has 4 nitrogen and oxygen atoms in total. The molecule has 0 radical (unpaired) electrons. The van der Waals surface area contributed by atoms with Crippen LogP contribution in [0.15, 0.2) is 51.8 Å². The molecular formula is C15H13BrN2O2S. The van der Waals surface area contributed by atoms with Gasteiger partial charge in [-0.2, -0.15) is 0 Å². The van der Waals surface area contributed by atoms with Gasteiger partial charge in [0, 0.05) is 4.47 Å². The normalized spacial score (nSPS) is 12.0. The largest absolute Gasteiger partial charge is 0.269 e. The molecule has 3 rings (SSSR count).